The second kappa shape index (κ2) is 8.05. The average Bonchev–Trinajstić information content (AvgIpc) is 3.09. The third-order valence-corrected chi connectivity index (χ3v) is 5.28. The van der Waals surface area contributed by atoms with E-state index in [4.69, 9.17) is 27.9 Å². The number of methoxy groups -OCH3 is 1. The second-order valence-electron chi connectivity index (χ2n) is 6.99. The molecule has 0 amide bonds. The van der Waals surface area contributed by atoms with Crippen molar-refractivity contribution in [2.24, 2.45) is 17.3 Å². The minimum absolute atomic E-state index is 0.00332. The van der Waals surface area contributed by atoms with Crippen LogP contribution < -0.4 is 0 Å². The molecule has 2 nitrogen and oxygen atoms in total. The number of allylic oxidation sites excluding steroid dienone is 1. The van der Waals surface area contributed by atoms with Gasteiger partial charge in [-0.05, 0) is 24.2 Å². The van der Waals surface area contributed by atoms with E-state index in [0.29, 0.717) is 0 Å². The van der Waals surface area contributed by atoms with Crippen molar-refractivity contribution in [2.75, 3.05) is 7.11 Å². The summed E-state index contributed by atoms with van der Waals surface area (Å²) in [5, 5.41) is 0. The van der Waals surface area contributed by atoms with E-state index in [-0.39, 0.29) is 21.7 Å². The third kappa shape index (κ3) is 4.03. The standard InChI is InChI=1S/C18H20Cl2F4O2/c1-8(13-11(5-12(19)20)18(13,2)3)26-7-10-16(23)14(21)9(6-25-4)15(22)17(10)24/h5,8,11,13H,6-7H2,1-4H3. The lowest BCUT2D eigenvalue weighted by atomic mass is 10.1. The molecule has 0 aromatic heterocycles. The topological polar surface area (TPSA) is 18.5 Å². The van der Waals surface area contributed by atoms with Gasteiger partial charge < -0.3 is 9.47 Å². The largest absolute Gasteiger partial charge is 0.380 e. The predicted octanol–water partition coefficient (Wildman–Crippen LogP) is 5.89. The summed E-state index contributed by atoms with van der Waals surface area (Å²) < 4.78 is 66.4. The van der Waals surface area contributed by atoms with Gasteiger partial charge in [0.05, 0.1) is 30.4 Å². The fourth-order valence-corrected chi connectivity index (χ4v) is 3.78. The number of halogens is 6. The van der Waals surface area contributed by atoms with Crippen molar-refractivity contribution >= 4 is 23.2 Å². The van der Waals surface area contributed by atoms with E-state index in [1.807, 2.05) is 13.8 Å². The van der Waals surface area contributed by atoms with Gasteiger partial charge >= 0.3 is 0 Å². The maximum Gasteiger partial charge on any atom is 0.167 e. The van der Waals surface area contributed by atoms with Gasteiger partial charge in [0, 0.05) is 7.11 Å². The number of ether oxygens (including phenoxy) is 2. The third-order valence-electron chi connectivity index (χ3n) is 5.03. The molecule has 0 saturated heterocycles. The first kappa shape index (κ1) is 21.5. The SMILES string of the molecule is COCc1c(F)c(F)c(COC(C)C2C(C=C(Cl)Cl)C2(C)C)c(F)c1F. The first-order valence-corrected chi connectivity index (χ1v) is 8.76. The normalized spacial score (nSPS) is 22.2. The fourth-order valence-electron chi connectivity index (χ4n) is 3.51. The number of rotatable bonds is 7. The zero-order valence-corrected chi connectivity index (χ0v) is 16.3. The molecule has 1 aromatic carbocycles. The van der Waals surface area contributed by atoms with Crippen LogP contribution in [-0.4, -0.2) is 13.2 Å². The number of hydrogen-bond acceptors (Lipinski definition) is 2. The van der Waals surface area contributed by atoms with Crippen LogP contribution in [0.15, 0.2) is 10.6 Å². The molecule has 0 radical (unpaired) electrons. The summed E-state index contributed by atoms with van der Waals surface area (Å²) in [6, 6.07) is 0. The first-order chi connectivity index (χ1) is 12.0. The van der Waals surface area contributed by atoms with Gasteiger partial charge in [-0.3, -0.25) is 0 Å². The highest BCUT2D eigenvalue weighted by atomic mass is 35.5. The van der Waals surface area contributed by atoms with Gasteiger partial charge in [0.25, 0.3) is 0 Å². The maximum atomic E-state index is 14.1. The number of hydrogen-bond donors (Lipinski definition) is 0. The van der Waals surface area contributed by atoms with Crippen molar-refractivity contribution in [3.63, 3.8) is 0 Å². The van der Waals surface area contributed by atoms with Gasteiger partial charge in [-0.1, -0.05) is 43.1 Å². The Morgan fingerprint density at radius 3 is 1.92 bits per heavy atom. The predicted molar refractivity (Wildman–Crippen MR) is 91.8 cm³/mol. The van der Waals surface area contributed by atoms with Crippen LogP contribution in [0.1, 0.15) is 31.9 Å². The molecular weight excluding hydrogens is 395 g/mol. The quantitative estimate of drug-likeness (QED) is 0.409. The summed E-state index contributed by atoms with van der Waals surface area (Å²) in [6.45, 7) is 4.51. The van der Waals surface area contributed by atoms with Crippen molar-refractivity contribution in [1.82, 2.24) is 0 Å². The molecule has 3 atom stereocenters. The molecule has 1 aliphatic rings. The van der Waals surface area contributed by atoms with Gasteiger partial charge in [0.15, 0.2) is 23.3 Å². The Morgan fingerprint density at radius 1 is 1.04 bits per heavy atom. The van der Waals surface area contributed by atoms with Crippen molar-refractivity contribution in [1.29, 1.82) is 0 Å². The molecule has 1 aliphatic carbocycles. The smallest absolute Gasteiger partial charge is 0.167 e. The molecule has 0 aliphatic heterocycles. The van der Waals surface area contributed by atoms with Crippen molar-refractivity contribution in [3.8, 4) is 0 Å². The highest BCUT2D eigenvalue weighted by Crippen LogP contribution is 2.61. The fraction of sp³-hybridized carbons (Fsp3) is 0.556. The average molecular weight is 415 g/mol. The summed E-state index contributed by atoms with van der Waals surface area (Å²) in [6.07, 6.45) is 1.26. The summed E-state index contributed by atoms with van der Waals surface area (Å²) in [7, 11) is 1.17. The summed E-state index contributed by atoms with van der Waals surface area (Å²) in [4.78, 5) is 0. The van der Waals surface area contributed by atoms with Crippen LogP contribution in [-0.2, 0) is 22.7 Å². The maximum absolute atomic E-state index is 14.1. The van der Waals surface area contributed by atoms with Crippen LogP contribution in [0.5, 0.6) is 0 Å². The van der Waals surface area contributed by atoms with E-state index < -0.39 is 53.7 Å². The van der Waals surface area contributed by atoms with E-state index in [1.165, 1.54) is 7.11 Å². The van der Waals surface area contributed by atoms with E-state index >= 15 is 0 Å². The molecule has 0 bridgehead atoms. The summed E-state index contributed by atoms with van der Waals surface area (Å²) in [5.41, 5.74) is -1.73. The Labute approximate surface area is 160 Å². The Bertz CT molecular complexity index is 689. The zero-order chi connectivity index (χ0) is 19.8. The first-order valence-electron chi connectivity index (χ1n) is 8.01. The van der Waals surface area contributed by atoms with Crippen molar-refractivity contribution in [2.45, 2.75) is 40.1 Å². The number of benzene rings is 1. The van der Waals surface area contributed by atoms with Crippen molar-refractivity contribution in [3.05, 3.63) is 45.0 Å². The molecule has 0 N–H and O–H groups in total. The molecule has 1 fully saturated rings. The van der Waals surface area contributed by atoms with Crippen LogP contribution >= 0.6 is 23.2 Å². The Hall–Kier alpha value is -0.820. The van der Waals surface area contributed by atoms with Crippen molar-refractivity contribution < 1.29 is 27.0 Å². The minimum Gasteiger partial charge on any atom is -0.380 e. The van der Waals surface area contributed by atoms with Gasteiger partial charge in [-0.25, -0.2) is 17.6 Å². The molecule has 1 aromatic rings. The lowest BCUT2D eigenvalue weighted by molar-refractivity contribution is 0.0261. The summed E-state index contributed by atoms with van der Waals surface area (Å²) in [5.74, 6) is -5.85. The molecule has 2 rings (SSSR count). The molecule has 0 heterocycles. The van der Waals surface area contributed by atoms with Gasteiger partial charge in [-0.2, -0.15) is 0 Å². The van der Waals surface area contributed by atoms with Crippen LogP contribution in [0, 0.1) is 40.5 Å². The second-order valence-corrected chi connectivity index (χ2v) is 8.00. The van der Waals surface area contributed by atoms with Gasteiger partial charge in [0.2, 0.25) is 0 Å². The van der Waals surface area contributed by atoms with Crippen LogP contribution in [0.2, 0.25) is 0 Å². The Balaban J connectivity index is 2.17. The van der Waals surface area contributed by atoms with Crippen LogP contribution in [0.25, 0.3) is 0 Å². The lowest BCUT2D eigenvalue weighted by Crippen LogP contribution is -2.17. The molecular formula is C18H20Cl2F4O2. The molecule has 0 spiro atoms. The molecule has 8 heteroatoms. The minimum atomic E-state index is -1.47. The van der Waals surface area contributed by atoms with E-state index in [0.717, 1.165) is 0 Å². The van der Waals surface area contributed by atoms with E-state index in [9.17, 15) is 17.6 Å². The van der Waals surface area contributed by atoms with Crippen LogP contribution in [0.3, 0.4) is 0 Å². The molecule has 1 saturated carbocycles. The highest BCUT2D eigenvalue weighted by Gasteiger charge is 2.59. The van der Waals surface area contributed by atoms with E-state index in [2.05, 4.69) is 4.74 Å². The van der Waals surface area contributed by atoms with Gasteiger partial charge in [0.1, 0.15) is 4.49 Å². The Morgan fingerprint density at radius 2 is 1.50 bits per heavy atom. The zero-order valence-electron chi connectivity index (χ0n) is 14.8. The molecule has 3 unspecified atom stereocenters. The van der Waals surface area contributed by atoms with Crippen LogP contribution in [0.4, 0.5) is 17.6 Å². The summed E-state index contributed by atoms with van der Waals surface area (Å²) >= 11 is 11.4. The highest BCUT2D eigenvalue weighted by molar-refractivity contribution is 6.55. The van der Waals surface area contributed by atoms with E-state index in [1.54, 1.807) is 13.0 Å². The lowest BCUT2D eigenvalue weighted by Gasteiger charge is -2.17. The van der Waals surface area contributed by atoms with Gasteiger partial charge in [-0.15, -0.1) is 0 Å². The monoisotopic (exact) mass is 414 g/mol. The molecule has 26 heavy (non-hydrogen) atoms. The Kier molecular flexibility index (Phi) is 6.65. The molecule has 146 valence electrons.